The molecule has 0 atom stereocenters. The molecule has 0 fully saturated rings. The van der Waals surface area contributed by atoms with Gasteiger partial charge in [-0.1, -0.05) is 6.07 Å². The molecule has 0 radical (unpaired) electrons. The summed E-state index contributed by atoms with van der Waals surface area (Å²) in [6.07, 6.45) is 4.68. The Morgan fingerprint density at radius 2 is 2.25 bits per heavy atom. The Labute approximate surface area is 114 Å². The second-order valence-electron chi connectivity index (χ2n) is 4.50. The van der Waals surface area contributed by atoms with Gasteiger partial charge in [-0.25, -0.2) is 13.9 Å². The van der Waals surface area contributed by atoms with Gasteiger partial charge < -0.3 is 0 Å². The molecule has 0 aliphatic heterocycles. The zero-order valence-corrected chi connectivity index (χ0v) is 10.8. The summed E-state index contributed by atoms with van der Waals surface area (Å²) in [5.41, 5.74) is 2.85. The average Bonchev–Trinajstić information content (AvgIpc) is 2.78. The fourth-order valence-corrected chi connectivity index (χ4v) is 2.09. The van der Waals surface area contributed by atoms with E-state index < -0.39 is 0 Å². The SMILES string of the molecule is Cc1cc(C#N)ccc1Cn1nc2cnccn2c1=O. The minimum Gasteiger partial charge on any atom is -0.259 e. The van der Waals surface area contributed by atoms with E-state index in [0.717, 1.165) is 11.1 Å². The van der Waals surface area contributed by atoms with E-state index in [1.165, 1.54) is 9.08 Å². The number of nitriles is 1. The molecule has 0 N–H and O–H groups in total. The van der Waals surface area contributed by atoms with E-state index in [-0.39, 0.29) is 5.69 Å². The number of benzene rings is 1. The van der Waals surface area contributed by atoms with Crippen LogP contribution in [0.1, 0.15) is 16.7 Å². The summed E-state index contributed by atoms with van der Waals surface area (Å²) in [5.74, 6) is 0. The number of hydrogen-bond donors (Lipinski definition) is 0. The third-order valence-electron chi connectivity index (χ3n) is 3.18. The van der Waals surface area contributed by atoms with Crippen LogP contribution in [-0.4, -0.2) is 19.2 Å². The van der Waals surface area contributed by atoms with Gasteiger partial charge in [0.05, 0.1) is 24.4 Å². The Morgan fingerprint density at radius 1 is 1.40 bits per heavy atom. The number of hydrogen-bond acceptors (Lipinski definition) is 4. The molecule has 3 rings (SSSR count). The molecular weight excluding hydrogens is 254 g/mol. The number of fused-ring (bicyclic) bond motifs is 1. The summed E-state index contributed by atoms with van der Waals surface area (Å²) in [7, 11) is 0. The zero-order chi connectivity index (χ0) is 14.1. The molecule has 2 heterocycles. The third kappa shape index (κ3) is 1.95. The Bertz CT molecular complexity index is 884. The lowest BCUT2D eigenvalue weighted by Crippen LogP contribution is -2.22. The fourth-order valence-electron chi connectivity index (χ4n) is 2.09. The summed E-state index contributed by atoms with van der Waals surface area (Å²) in [6.45, 7) is 2.29. The lowest BCUT2D eigenvalue weighted by molar-refractivity contribution is 0.656. The van der Waals surface area contributed by atoms with Crippen LogP contribution in [0.4, 0.5) is 0 Å². The van der Waals surface area contributed by atoms with E-state index in [9.17, 15) is 4.79 Å². The van der Waals surface area contributed by atoms with Crippen molar-refractivity contribution >= 4 is 5.65 Å². The van der Waals surface area contributed by atoms with Crippen LogP contribution in [0.2, 0.25) is 0 Å². The van der Waals surface area contributed by atoms with Crippen LogP contribution in [0.3, 0.4) is 0 Å². The maximum Gasteiger partial charge on any atom is 0.350 e. The minimum atomic E-state index is -0.203. The van der Waals surface area contributed by atoms with Gasteiger partial charge in [-0.3, -0.25) is 4.98 Å². The second-order valence-corrected chi connectivity index (χ2v) is 4.50. The van der Waals surface area contributed by atoms with Crippen molar-refractivity contribution in [2.45, 2.75) is 13.5 Å². The molecule has 0 spiro atoms. The fraction of sp³-hybridized carbons (Fsp3) is 0.143. The molecule has 20 heavy (non-hydrogen) atoms. The molecule has 0 saturated carbocycles. The number of rotatable bonds is 2. The van der Waals surface area contributed by atoms with Crippen molar-refractivity contribution in [3.63, 3.8) is 0 Å². The van der Waals surface area contributed by atoms with Gasteiger partial charge in [-0.15, -0.1) is 5.10 Å². The topological polar surface area (TPSA) is 76.0 Å². The predicted octanol–water partition coefficient (Wildman–Crippen LogP) is 1.12. The standard InChI is InChI=1S/C14H11N5O/c1-10-6-11(7-15)2-3-12(10)9-19-14(20)18-5-4-16-8-13(18)17-19/h2-6,8H,9H2,1H3. The van der Waals surface area contributed by atoms with Gasteiger partial charge in [0.15, 0.2) is 5.65 Å². The van der Waals surface area contributed by atoms with Gasteiger partial charge in [0.2, 0.25) is 0 Å². The van der Waals surface area contributed by atoms with Gasteiger partial charge in [0.1, 0.15) is 0 Å². The summed E-state index contributed by atoms with van der Waals surface area (Å²) < 4.78 is 2.84. The molecule has 0 aliphatic carbocycles. The van der Waals surface area contributed by atoms with Crippen molar-refractivity contribution in [2.24, 2.45) is 0 Å². The molecule has 0 bridgehead atoms. The van der Waals surface area contributed by atoms with Gasteiger partial charge >= 0.3 is 5.69 Å². The first-order valence-electron chi connectivity index (χ1n) is 6.08. The van der Waals surface area contributed by atoms with Crippen molar-refractivity contribution in [2.75, 3.05) is 0 Å². The molecule has 0 saturated heterocycles. The van der Waals surface area contributed by atoms with Gasteiger partial charge in [-0.2, -0.15) is 5.26 Å². The second kappa shape index (κ2) is 4.63. The highest BCUT2D eigenvalue weighted by Gasteiger charge is 2.08. The molecule has 98 valence electrons. The largest absolute Gasteiger partial charge is 0.350 e. The van der Waals surface area contributed by atoms with Gasteiger partial charge in [0, 0.05) is 12.4 Å². The Hall–Kier alpha value is -2.94. The Balaban J connectivity index is 2.04. The summed E-state index contributed by atoms with van der Waals surface area (Å²) >= 11 is 0. The highest BCUT2D eigenvalue weighted by molar-refractivity contribution is 5.38. The van der Waals surface area contributed by atoms with Crippen LogP contribution in [-0.2, 0) is 6.54 Å². The Morgan fingerprint density at radius 3 is 2.95 bits per heavy atom. The highest BCUT2D eigenvalue weighted by atomic mass is 16.2. The highest BCUT2D eigenvalue weighted by Crippen LogP contribution is 2.11. The van der Waals surface area contributed by atoms with E-state index in [2.05, 4.69) is 16.2 Å². The number of aryl methyl sites for hydroxylation is 1. The van der Waals surface area contributed by atoms with E-state index in [0.29, 0.717) is 17.8 Å². The predicted molar refractivity (Wildman–Crippen MR) is 72.2 cm³/mol. The maximum atomic E-state index is 12.2. The molecule has 0 unspecified atom stereocenters. The number of nitrogens with zero attached hydrogens (tertiary/aromatic N) is 5. The van der Waals surface area contributed by atoms with Crippen LogP contribution in [0.25, 0.3) is 5.65 Å². The first-order chi connectivity index (χ1) is 9.69. The van der Waals surface area contributed by atoms with Gasteiger partial charge in [-0.05, 0) is 30.2 Å². The first-order valence-corrected chi connectivity index (χ1v) is 6.08. The minimum absolute atomic E-state index is 0.203. The van der Waals surface area contributed by atoms with Crippen molar-refractivity contribution in [1.82, 2.24) is 19.2 Å². The van der Waals surface area contributed by atoms with Crippen LogP contribution in [0.15, 0.2) is 41.6 Å². The van der Waals surface area contributed by atoms with Gasteiger partial charge in [0.25, 0.3) is 0 Å². The van der Waals surface area contributed by atoms with E-state index in [1.54, 1.807) is 30.7 Å². The summed E-state index contributed by atoms with van der Waals surface area (Å²) in [5, 5.41) is 13.1. The van der Waals surface area contributed by atoms with Crippen LogP contribution in [0.5, 0.6) is 0 Å². The molecule has 1 aromatic carbocycles. The van der Waals surface area contributed by atoms with Crippen molar-refractivity contribution in [1.29, 1.82) is 5.26 Å². The zero-order valence-electron chi connectivity index (χ0n) is 10.8. The third-order valence-corrected chi connectivity index (χ3v) is 3.18. The lowest BCUT2D eigenvalue weighted by Gasteiger charge is -2.05. The molecule has 6 nitrogen and oxygen atoms in total. The first kappa shape index (κ1) is 12.1. The average molecular weight is 265 g/mol. The smallest absolute Gasteiger partial charge is 0.259 e. The van der Waals surface area contributed by atoms with Crippen LogP contribution in [0, 0.1) is 18.3 Å². The van der Waals surface area contributed by atoms with Crippen LogP contribution < -0.4 is 5.69 Å². The normalized spacial score (nSPS) is 10.6. The van der Waals surface area contributed by atoms with Crippen LogP contribution >= 0.6 is 0 Å². The molecule has 0 aliphatic rings. The number of aromatic nitrogens is 4. The van der Waals surface area contributed by atoms with Crippen molar-refractivity contribution < 1.29 is 0 Å². The van der Waals surface area contributed by atoms with E-state index in [1.807, 2.05) is 13.0 Å². The molecule has 2 aromatic heterocycles. The molecule has 6 heteroatoms. The Kier molecular flexibility index (Phi) is 2.80. The molecule has 0 amide bonds. The quantitative estimate of drug-likeness (QED) is 0.695. The van der Waals surface area contributed by atoms with Crippen molar-refractivity contribution in [3.8, 4) is 6.07 Å². The molecule has 3 aromatic rings. The maximum absolute atomic E-state index is 12.2. The monoisotopic (exact) mass is 265 g/mol. The summed E-state index contributed by atoms with van der Waals surface area (Å²) in [6, 6.07) is 7.49. The summed E-state index contributed by atoms with van der Waals surface area (Å²) in [4.78, 5) is 16.1. The molecular formula is C14H11N5O. The lowest BCUT2D eigenvalue weighted by atomic mass is 10.1. The van der Waals surface area contributed by atoms with E-state index >= 15 is 0 Å². The van der Waals surface area contributed by atoms with Crippen molar-refractivity contribution in [3.05, 3.63) is 64.0 Å². The van der Waals surface area contributed by atoms with E-state index in [4.69, 9.17) is 5.26 Å².